The van der Waals surface area contributed by atoms with Crippen molar-refractivity contribution in [2.75, 3.05) is 26.2 Å². The number of likely N-dealkylation sites (tertiary alicyclic amines) is 1. The molecule has 0 N–H and O–H groups in total. The molecule has 2 aliphatic rings. The van der Waals surface area contributed by atoms with Gasteiger partial charge in [-0.15, -0.1) is 0 Å². The Morgan fingerprint density at radius 3 is 2.74 bits per heavy atom. The molecule has 1 saturated heterocycles. The molecule has 5 heteroatoms. The van der Waals surface area contributed by atoms with E-state index in [0.717, 1.165) is 63.3 Å². The average Bonchev–Trinajstić information content (AvgIpc) is 2.70. The number of piperidine rings is 1. The van der Waals surface area contributed by atoms with Crippen LogP contribution in [0.3, 0.4) is 0 Å². The zero-order valence-corrected chi connectivity index (χ0v) is 16.4. The van der Waals surface area contributed by atoms with Crippen molar-refractivity contribution in [2.45, 2.75) is 45.8 Å². The summed E-state index contributed by atoms with van der Waals surface area (Å²) >= 11 is 0. The monoisotopic (exact) mass is 367 g/mol. The van der Waals surface area contributed by atoms with Crippen LogP contribution in [0.25, 0.3) is 0 Å². The first-order valence-electron chi connectivity index (χ1n) is 10.1. The molecular formula is C22H29N3O2. The van der Waals surface area contributed by atoms with Gasteiger partial charge in [-0.2, -0.15) is 0 Å². The van der Waals surface area contributed by atoms with Crippen LogP contribution in [0.15, 0.2) is 35.4 Å². The second kappa shape index (κ2) is 7.95. The van der Waals surface area contributed by atoms with Gasteiger partial charge in [0.05, 0.1) is 19.0 Å². The lowest BCUT2D eigenvalue weighted by atomic mass is 9.94. The van der Waals surface area contributed by atoms with Crippen LogP contribution in [0, 0.1) is 19.8 Å². The first-order valence-corrected chi connectivity index (χ1v) is 10.1. The highest BCUT2D eigenvalue weighted by Gasteiger charge is 2.26. The van der Waals surface area contributed by atoms with Crippen molar-refractivity contribution in [3.05, 3.63) is 63.3 Å². The zero-order valence-electron chi connectivity index (χ0n) is 16.4. The van der Waals surface area contributed by atoms with E-state index >= 15 is 0 Å². The molecule has 5 nitrogen and oxygen atoms in total. The molecule has 27 heavy (non-hydrogen) atoms. The molecular weight excluding hydrogens is 338 g/mol. The molecule has 1 aromatic carbocycles. The number of aryl methyl sites for hydroxylation is 1. The number of hydrogen-bond acceptors (Lipinski definition) is 4. The van der Waals surface area contributed by atoms with Gasteiger partial charge in [0.25, 0.3) is 5.56 Å². The molecule has 2 aromatic rings. The summed E-state index contributed by atoms with van der Waals surface area (Å²) in [5.74, 6) is 0.544. The van der Waals surface area contributed by atoms with E-state index < -0.39 is 0 Å². The van der Waals surface area contributed by atoms with Crippen LogP contribution in [0.4, 0.5) is 0 Å². The van der Waals surface area contributed by atoms with Crippen LogP contribution in [0.1, 0.15) is 41.3 Å². The van der Waals surface area contributed by atoms with Crippen molar-refractivity contribution in [2.24, 2.45) is 5.92 Å². The van der Waals surface area contributed by atoms with Gasteiger partial charge in [-0.25, -0.2) is 4.98 Å². The predicted molar refractivity (Wildman–Crippen MR) is 106 cm³/mol. The molecule has 0 aliphatic carbocycles. The van der Waals surface area contributed by atoms with E-state index in [0.29, 0.717) is 5.92 Å². The minimum Gasteiger partial charge on any atom is -0.372 e. The number of aromatic nitrogens is 2. The number of ether oxygens (including phenoxy) is 1. The number of fused-ring (bicyclic) bond motifs is 1. The summed E-state index contributed by atoms with van der Waals surface area (Å²) in [4.78, 5) is 19.3. The molecule has 4 rings (SSSR count). The minimum atomic E-state index is 0.108. The lowest BCUT2D eigenvalue weighted by Crippen LogP contribution is -2.39. The third-order valence-corrected chi connectivity index (χ3v) is 6.19. The Kier molecular flexibility index (Phi) is 5.41. The van der Waals surface area contributed by atoms with Gasteiger partial charge in [-0.3, -0.25) is 9.36 Å². The third-order valence-electron chi connectivity index (χ3n) is 6.19. The molecule has 0 saturated carbocycles. The predicted octanol–water partition coefficient (Wildman–Crippen LogP) is 2.89. The second-order valence-electron chi connectivity index (χ2n) is 7.96. The molecule has 0 amide bonds. The molecule has 3 heterocycles. The van der Waals surface area contributed by atoms with E-state index in [1.54, 1.807) is 10.9 Å². The lowest BCUT2D eigenvalue weighted by Gasteiger charge is -2.36. The highest BCUT2D eigenvalue weighted by molar-refractivity contribution is 5.31. The molecule has 0 spiro atoms. The Bertz CT molecular complexity index is 853. The maximum Gasteiger partial charge on any atom is 0.256 e. The highest BCUT2D eigenvalue weighted by atomic mass is 16.5. The first-order chi connectivity index (χ1) is 13.1. The van der Waals surface area contributed by atoms with Gasteiger partial charge in [-0.05, 0) is 63.2 Å². The highest BCUT2D eigenvalue weighted by Crippen LogP contribution is 2.29. The Morgan fingerprint density at radius 1 is 1.15 bits per heavy atom. The van der Waals surface area contributed by atoms with Crippen molar-refractivity contribution in [3.8, 4) is 0 Å². The molecule has 1 unspecified atom stereocenters. The van der Waals surface area contributed by atoms with E-state index in [4.69, 9.17) is 4.74 Å². The van der Waals surface area contributed by atoms with Gasteiger partial charge in [0.2, 0.25) is 0 Å². The van der Waals surface area contributed by atoms with E-state index in [2.05, 4.69) is 34.1 Å². The molecule has 0 radical (unpaired) electrons. The van der Waals surface area contributed by atoms with Gasteiger partial charge in [0, 0.05) is 24.3 Å². The van der Waals surface area contributed by atoms with Crippen molar-refractivity contribution >= 4 is 0 Å². The summed E-state index contributed by atoms with van der Waals surface area (Å²) in [7, 11) is 0. The van der Waals surface area contributed by atoms with Gasteiger partial charge in [-0.1, -0.05) is 24.3 Å². The van der Waals surface area contributed by atoms with E-state index in [9.17, 15) is 4.79 Å². The number of benzene rings is 1. The number of hydrogen-bond donors (Lipinski definition) is 0. The topological polar surface area (TPSA) is 47.4 Å². The maximum atomic E-state index is 12.4. The van der Waals surface area contributed by atoms with E-state index in [1.165, 1.54) is 11.1 Å². The Labute approximate surface area is 161 Å². The summed E-state index contributed by atoms with van der Waals surface area (Å²) in [6.45, 7) is 8.47. The van der Waals surface area contributed by atoms with Crippen LogP contribution >= 0.6 is 0 Å². The largest absolute Gasteiger partial charge is 0.372 e. The van der Waals surface area contributed by atoms with Crippen molar-refractivity contribution in [3.63, 3.8) is 0 Å². The molecule has 1 fully saturated rings. The average molecular weight is 367 g/mol. The zero-order chi connectivity index (χ0) is 18.8. The summed E-state index contributed by atoms with van der Waals surface area (Å²) in [6.07, 6.45) is 5.16. The van der Waals surface area contributed by atoms with E-state index in [1.807, 2.05) is 13.8 Å². The lowest BCUT2D eigenvalue weighted by molar-refractivity contribution is 0.00795. The third kappa shape index (κ3) is 3.99. The molecule has 144 valence electrons. The van der Waals surface area contributed by atoms with Crippen LogP contribution < -0.4 is 5.56 Å². The molecule has 0 bridgehead atoms. The van der Waals surface area contributed by atoms with Gasteiger partial charge in [0.1, 0.15) is 0 Å². The standard InChI is InChI=1S/C22H29N3O2/c1-16-17(2)23-15-25(22(16)26)13-18-7-10-24(11-8-18)14-21-20-6-4-3-5-19(20)9-12-27-21/h3-6,15,18,21H,7-14H2,1-2H3. The Morgan fingerprint density at radius 2 is 1.93 bits per heavy atom. The summed E-state index contributed by atoms with van der Waals surface area (Å²) in [5.41, 5.74) is 4.50. The van der Waals surface area contributed by atoms with Gasteiger partial charge >= 0.3 is 0 Å². The quantitative estimate of drug-likeness (QED) is 0.834. The fourth-order valence-corrected chi connectivity index (χ4v) is 4.30. The minimum absolute atomic E-state index is 0.108. The Hall–Kier alpha value is -1.98. The van der Waals surface area contributed by atoms with Crippen LogP contribution in [0.2, 0.25) is 0 Å². The molecule has 1 aromatic heterocycles. The smallest absolute Gasteiger partial charge is 0.256 e. The van der Waals surface area contributed by atoms with Crippen LogP contribution in [-0.2, 0) is 17.7 Å². The maximum absolute atomic E-state index is 12.4. The van der Waals surface area contributed by atoms with Gasteiger partial charge in [0.15, 0.2) is 0 Å². The van der Waals surface area contributed by atoms with Crippen molar-refractivity contribution in [1.29, 1.82) is 0 Å². The molecule has 1 atom stereocenters. The Balaban J connectivity index is 1.34. The SMILES string of the molecule is Cc1ncn(CC2CCN(CC3OCCc4ccccc43)CC2)c(=O)c1C. The van der Waals surface area contributed by atoms with Crippen molar-refractivity contribution < 1.29 is 4.74 Å². The van der Waals surface area contributed by atoms with Crippen LogP contribution in [-0.4, -0.2) is 40.7 Å². The molecule has 2 aliphatic heterocycles. The fourth-order valence-electron chi connectivity index (χ4n) is 4.30. The first kappa shape index (κ1) is 18.4. The van der Waals surface area contributed by atoms with Crippen molar-refractivity contribution in [1.82, 2.24) is 14.5 Å². The number of rotatable bonds is 4. The van der Waals surface area contributed by atoms with E-state index in [-0.39, 0.29) is 11.7 Å². The summed E-state index contributed by atoms with van der Waals surface area (Å²) in [5, 5.41) is 0. The summed E-state index contributed by atoms with van der Waals surface area (Å²) < 4.78 is 7.87. The summed E-state index contributed by atoms with van der Waals surface area (Å²) in [6, 6.07) is 8.68. The fraction of sp³-hybridized carbons (Fsp3) is 0.545. The second-order valence-corrected chi connectivity index (χ2v) is 7.96. The number of nitrogens with zero attached hydrogens (tertiary/aromatic N) is 3. The van der Waals surface area contributed by atoms with Crippen LogP contribution in [0.5, 0.6) is 0 Å². The van der Waals surface area contributed by atoms with Gasteiger partial charge < -0.3 is 9.64 Å². The normalized spacial score (nSPS) is 21.2.